The number of imide groups is 1. The molecule has 6 rings (SSSR count). The molecule has 0 unspecified atom stereocenters. The van der Waals surface area contributed by atoms with Crippen molar-refractivity contribution in [2.45, 2.75) is 6.42 Å². The lowest BCUT2D eigenvalue weighted by Crippen LogP contribution is -2.40. The van der Waals surface area contributed by atoms with E-state index in [2.05, 4.69) is 12.2 Å². The van der Waals surface area contributed by atoms with Crippen molar-refractivity contribution in [2.24, 2.45) is 35.5 Å². The van der Waals surface area contributed by atoms with Crippen LogP contribution in [0.5, 0.6) is 0 Å². The molecule has 1 aromatic rings. The van der Waals surface area contributed by atoms with Crippen LogP contribution in [0.2, 0.25) is 0 Å². The van der Waals surface area contributed by atoms with Gasteiger partial charge in [-0.25, -0.2) is 9.29 Å². The standard InChI is InChI=1S/C17H14FNO2/c18-12-3-1-2-4-13(12)19-16(20)14-8-5-6-9(11-7-10(8)11)15(14)17(19)21/h1-6,8-11,14-15H,7H2/t8-,9+,10-,11-,14+,15+/m1/s1. The van der Waals surface area contributed by atoms with E-state index in [0.717, 1.165) is 11.3 Å². The van der Waals surface area contributed by atoms with Gasteiger partial charge in [-0.15, -0.1) is 0 Å². The van der Waals surface area contributed by atoms with Crippen LogP contribution < -0.4 is 4.90 Å². The van der Waals surface area contributed by atoms with E-state index >= 15 is 0 Å². The number of halogens is 1. The van der Waals surface area contributed by atoms with Crippen LogP contribution in [0, 0.1) is 41.3 Å². The molecule has 6 atom stereocenters. The minimum absolute atomic E-state index is 0.106. The van der Waals surface area contributed by atoms with Crippen molar-refractivity contribution >= 4 is 17.5 Å². The molecule has 0 N–H and O–H groups in total. The van der Waals surface area contributed by atoms with Gasteiger partial charge in [0.15, 0.2) is 0 Å². The predicted octanol–water partition coefficient (Wildman–Crippen LogP) is 2.38. The number of nitrogens with zero attached hydrogens (tertiary/aromatic N) is 1. The molecule has 1 aromatic carbocycles. The number of para-hydroxylation sites is 1. The van der Waals surface area contributed by atoms with Crippen LogP contribution in [0.25, 0.3) is 0 Å². The second-order valence-corrected chi connectivity index (χ2v) is 6.62. The molecular formula is C17H14FNO2. The predicted molar refractivity (Wildman–Crippen MR) is 73.6 cm³/mol. The Balaban J connectivity index is 1.62. The van der Waals surface area contributed by atoms with Gasteiger partial charge in [0.05, 0.1) is 17.5 Å². The summed E-state index contributed by atoms with van der Waals surface area (Å²) < 4.78 is 14.0. The van der Waals surface area contributed by atoms with Crippen LogP contribution in [-0.4, -0.2) is 11.8 Å². The Morgan fingerprint density at radius 1 is 0.952 bits per heavy atom. The first kappa shape index (κ1) is 11.7. The maximum atomic E-state index is 14.0. The van der Waals surface area contributed by atoms with Gasteiger partial charge in [-0.3, -0.25) is 9.59 Å². The average Bonchev–Trinajstić information content (AvgIpc) is 3.26. The topological polar surface area (TPSA) is 37.4 Å². The number of hydrogen-bond donors (Lipinski definition) is 0. The van der Waals surface area contributed by atoms with Crippen molar-refractivity contribution in [1.82, 2.24) is 0 Å². The minimum atomic E-state index is -0.511. The van der Waals surface area contributed by atoms with Gasteiger partial charge in [0.2, 0.25) is 11.8 Å². The monoisotopic (exact) mass is 283 g/mol. The van der Waals surface area contributed by atoms with Crippen LogP contribution in [0.3, 0.4) is 0 Å². The fourth-order valence-corrected chi connectivity index (χ4v) is 4.83. The van der Waals surface area contributed by atoms with Gasteiger partial charge >= 0.3 is 0 Å². The summed E-state index contributed by atoms with van der Waals surface area (Å²) in [6, 6.07) is 6.03. The molecule has 0 spiro atoms. The maximum absolute atomic E-state index is 14.0. The van der Waals surface area contributed by atoms with E-state index in [1.807, 2.05) is 0 Å². The summed E-state index contributed by atoms with van der Waals surface area (Å²) in [6.07, 6.45) is 5.38. The molecule has 2 amide bonds. The third-order valence-corrected chi connectivity index (χ3v) is 5.76. The van der Waals surface area contributed by atoms with E-state index < -0.39 is 5.82 Å². The number of benzene rings is 1. The maximum Gasteiger partial charge on any atom is 0.238 e. The Morgan fingerprint density at radius 3 is 2.10 bits per heavy atom. The summed E-state index contributed by atoms with van der Waals surface area (Å²) in [5.74, 6) is 0.0308. The highest BCUT2D eigenvalue weighted by Crippen LogP contribution is 2.65. The fourth-order valence-electron chi connectivity index (χ4n) is 4.83. The van der Waals surface area contributed by atoms with Crippen molar-refractivity contribution in [3.63, 3.8) is 0 Å². The highest BCUT2D eigenvalue weighted by atomic mass is 19.1. The van der Waals surface area contributed by atoms with Crippen molar-refractivity contribution in [3.8, 4) is 0 Å². The zero-order valence-corrected chi connectivity index (χ0v) is 11.3. The smallest absolute Gasteiger partial charge is 0.238 e. The fraction of sp³-hybridized carbons (Fsp3) is 0.412. The summed E-state index contributed by atoms with van der Waals surface area (Å²) in [5.41, 5.74) is 0.106. The molecule has 1 saturated heterocycles. The van der Waals surface area contributed by atoms with E-state index in [9.17, 15) is 14.0 Å². The quantitative estimate of drug-likeness (QED) is 0.586. The highest BCUT2D eigenvalue weighted by Gasteiger charge is 2.67. The van der Waals surface area contributed by atoms with Crippen molar-refractivity contribution in [1.29, 1.82) is 0 Å². The molecule has 1 aliphatic heterocycles. The Labute approximate surface area is 121 Å². The molecule has 5 aliphatic rings. The second-order valence-electron chi connectivity index (χ2n) is 6.62. The van der Waals surface area contributed by atoms with Gasteiger partial charge in [0.25, 0.3) is 0 Å². The number of anilines is 1. The Kier molecular flexibility index (Phi) is 2.01. The Hall–Kier alpha value is -1.97. The van der Waals surface area contributed by atoms with Crippen LogP contribution in [0.4, 0.5) is 10.1 Å². The first-order chi connectivity index (χ1) is 10.2. The number of amides is 2. The van der Waals surface area contributed by atoms with Gasteiger partial charge in [0.1, 0.15) is 5.82 Å². The number of carbonyl (C=O) groups excluding carboxylic acids is 2. The first-order valence-electron chi connectivity index (χ1n) is 7.49. The molecule has 0 aromatic heterocycles. The molecule has 3 fully saturated rings. The van der Waals surface area contributed by atoms with Crippen molar-refractivity contribution in [2.75, 3.05) is 4.90 Å². The largest absolute Gasteiger partial charge is 0.274 e. The first-order valence-corrected chi connectivity index (χ1v) is 7.49. The summed E-state index contributed by atoms with van der Waals surface area (Å²) >= 11 is 0. The molecule has 106 valence electrons. The molecule has 4 heteroatoms. The summed E-state index contributed by atoms with van der Waals surface area (Å²) in [6.45, 7) is 0. The minimum Gasteiger partial charge on any atom is -0.274 e. The second kappa shape index (κ2) is 3.62. The third kappa shape index (κ3) is 1.29. The van der Waals surface area contributed by atoms with Crippen molar-refractivity contribution < 1.29 is 14.0 Å². The summed E-state index contributed by atoms with van der Waals surface area (Å²) in [7, 11) is 0. The van der Waals surface area contributed by atoms with E-state index in [1.165, 1.54) is 12.1 Å². The lowest BCUT2D eigenvalue weighted by atomic mass is 9.63. The van der Waals surface area contributed by atoms with Crippen LogP contribution in [0.15, 0.2) is 36.4 Å². The number of rotatable bonds is 1. The van der Waals surface area contributed by atoms with Gasteiger partial charge in [-0.1, -0.05) is 24.3 Å². The molecule has 3 nitrogen and oxygen atoms in total. The number of hydrogen-bond acceptors (Lipinski definition) is 2. The molecule has 0 radical (unpaired) electrons. The van der Waals surface area contributed by atoms with E-state index in [0.29, 0.717) is 11.8 Å². The zero-order chi connectivity index (χ0) is 14.3. The van der Waals surface area contributed by atoms with E-state index in [1.54, 1.807) is 12.1 Å². The van der Waals surface area contributed by atoms with Crippen LogP contribution >= 0.6 is 0 Å². The molecule has 21 heavy (non-hydrogen) atoms. The SMILES string of the molecule is O=C1[C@H]2[C@@H]3C=C[C@@H]([C@H]4C[C@H]34)[C@@H]2C(=O)N1c1ccccc1F. The lowest BCUT2D eigenvalue weighted by Gasteiger charge is -2.37. The van der Waals surface area contributed by atoms with E-state index in [4.69, 9.17) is 0 Å². The van der Waals surface area contributed by atoms with Gasteiger partial charge in [0, 0.05) is 0 Å². The highest BCUT2D eigenvalue weighted by molar-refractivity contribution is 6.22. The normalized spacial score (nSPS) is 42.2. The zero-order valence-electron chi connectivity index (χ0n) is 11.3. The van der Waals surface area contributed by atoms with Crippen LogP contribution in [0.1, 0.15) is 6.42 Å². The molecule has 4 aliphatic carbocycles. The van der Waals surface area contributed by atoms with Gasteiger partial charge < -0.3 is 0 Å². The Bertz CT molecular complexity index is 676. The third-order valence-electron chi connectivity index (χ3n) is 5.76. The molecule has 1 heterocycles. The average molecular weight is 283 g/mol. The van der Waals surface area contributed by atoms with E-state index in [-0.39, 0.29) is 41.2 Å². The Morgan fingerprint density at radius 2 is 1.52 bits per heavy atom. The number of carbonyl (C=O) groups is 2. The molecular weight excluding hydrogens is 269 g/mol. The molecule has 2 saturated carbocycles. The summed E-state index contributed by atoms with van der Waals surface area (Å²) in [5, 5.41) is 0. The van der Waals surface area contributed by atoms with Gasteiger partial charge in [-0.05, 0) is 42.2 Å². The number of allylic oxidation sites excluding steroid dienone is 2. The van der Waals surface area contributed by atoms with Crippen molar-refractivity contribution in [3.05, 3.63) is 42.2 Å². The summed E-state index contributed by atoms with van der Waals surface area (Å²) in [4.78, 5) is 26.6. The lowest BCUT2D eigenvalue weighted by molar-refractivity contribution is -0.124. The van der Waals surface area contributed by atoms with Gasteiger partial charge in [-0.2, -0.15) is 0 Å². The van der Waals surface area contributed by atoms with Crippen LogP contribution in [-0.2, 0) is 9.59 Å². The molecule has 2 bridgehead atoms.